The zero-order chi connectivity index (χ0) is 15.2. The number of methoxy groups -OCH3 is 1. The Bertz CT molecular complexity index is 579. The van der Waals surface area contributed by atoms with Crippen molar-refractivity contribution in [2.45, 2.75) is 33.0 Å². The zero-order valence-electron chi connectivity index (χ0n) is 13.1. The van der Waals surface area contributed by atoms with Crippen LogP contribution in [-0.2, 0) is 13.2 Å². The lowest BCUT2D eigenvalue weighted by atomic mass is 10.2. The van der Waals surface area contributed by atoms with Gasteiger partial charge in [-0.05, 0) is 33.0 Å². The minimum Gasteiger partial charge on any atom is -0.493 e. The van der Waals surface area contributed by atoms with E-state index in [9.17, 15) is 0 Å². The van der Waals surface area contributed by atoms with E-state index in [1.54, 1.807) is 7.11 Å². The van der Waals surface area contributed by atoms with Gasteiger partial charge >= 0.3 is 0 Å². The topological polar surface area (TPSA) is 48.3 Å². The zero-order valence-corrected chi connectivity index (χ0v) is 13.1. The van der Waals surface area contributed by atoms with Gasteiger partial charge in [-0.3, -0.25) is 4.68 Å². The fourth-order valence-corrected chi connectivity index (χ4v) is 2.10. The van der Waals surface area contributed by atoms with Crippen LogP contribution in [0.25, 0.3) is 0 Å². The number of para-hydroxylation sites is 1. The maximum absolute atomic E-state index is 5.95. The number of nitrogens with one attached hydrogen (secondary N) is 1. The van der Waals surface area contributed by atoms with Gasteiger partial charge < -0.3 is 14.8 Å². The van der Waals surface area contributed by atoms with E-state index < -0.39 is 0 Å². The van der Waals surface area contributed by atoms with Gasteiger partial charge in [0.15, 0.2) is 11.5 Å². The van der Waals surface area contributed by atoms with Gasteiger partial charge in [0.2, 0.25) is 0 Å². The van der Waals surface area contributed by atoms with Gasteiger partial charge in [-0.2, -0.15) is 5.10 Å². The average Bonchev–Trinajstić information content (AvgIpc) is 2.95. The second kappa shape index (κ2) is 7.13. The third kappa shape index (κ3) is 3.76. The molecule has 1 heterocycles. The number of ether oxygens (including phenoxy) is 2. The molecule has 5 heteroatoms. The number of hydrogen-bond donors (Lipinski definition) is 1. The monoisotopic (exact) mass is 289 g/mol. The smallest absolute Gasteiger partial charge is 0.166 e. The maximum atomic E-state index is 5.95. The molecule has 0 aliphatic carbocycles. The molecule has 1 aromatic carbocycles. The Morgan fingerprint density at radius 3 is 2.71 bits per heavy atom. The van der Waals surface area contributed by atoms with Crippen LogP contribution < -0.4 is 14.8 Å². The normalized spacial score (nSPS) is 10.9. The highest BCUT2D eigenvalue weighted by molar-refractivity contribution is 5.46. The van der Waals surface area contributed by atoms with Crippen LogP contribution in [0.2, 0.25) is 0 Å². The van der Waals surface area contributed by atoms with Crippen molar-refractivity contribution in [1.29, 1.82) is 0 Å². The molecule has 0 unspecified atom stereocenters. The number of benzene rings is 1. The Morgan fingerprint density at radius 2 is 2.10 bits per heavy atom. The molecule has 0 spiro atoms. The van der Waals surface area contributed by atoms with Crippen LogP contribution in [0.3, 0.4) is 0 Å². The molecular formula is C16H23N3O2. The number of rotatable bonds is 7. The first-order valence-electron chi connectivity index (χ1n) is 7.13. The van der Waals surface area contributed by atoms with Crippen molar-refractivity contribution in [2.24, 2.45) is 0 Å². The molecule has 2 rings (SSSR count). The van der Waals surface area contributed by atoms with Crippen molar-refractivity contribution in [3.8, 4) is 11.5 Å². The van der Waals surface area contributed by atoms with Crippen molar-refractivity contribution in [3.05, 3.63) is 41.7 Å². The predicted octanol–water partition coefficient (Wildman–Crippen LogP) is 2.77. The van der Waals surface area contributed by atoms with E-state index in [2.05, 4.69) is 24.3 Å². The van der Waals surface area contributed by atoms with E-state index in [1.165, 1.54) is 0 Å². The Kier molecular flexibility index (Phi) is 5.22. The van der Waals surface area contributed by atoms with Crippen LogP contribution in [0.5, 0.6) is 11.5 Å². The maximum Gasteiger partial charge on any atom is 0.166 e. The van der Waals surface area contributed by atoms with Crippen molar-refractivity contribution in [1.82, 2.24) is 15.1 Å². The van der Waals surface area contributed by atoms with E-state index >= 15 is 0 Å². The summed E-state index contributed by atoms with van der Waals surface area (Å²) in [5.41, 5.74) is 1.98. The standard InChI is InChI=1S/C16H23N3O2/c1-12(2)19-9-8-14(18-19)11-21-16-13(10-17-3)6-5-7-15(16)20-4/h5-9,12,17H,10-11H2,1-4H3. The Morgan fingerprint density at radius 1 is 1.29 bits per heavy atom. The van der Waals surface area contributed by atoms with Gasteiger partial charge in [0.05, 0.1) is 12.8 Å². The summed E-state index contributed by atoms with van der Waals surface area (Å²) in [4.78, 5) is 0. The second-order valence-electron chi connectivity index (χ2n) is 5.15. The molecule has 1 N–H and O–H groups in total. The van der Waals surface area contributed by atoms with E-state index in [0.717, 1.165) is 29.3 Å². The Balaban J connectivity index is 2.14. The summed E-state index contributed by atoms with van der Waals surface area (Å²) in [6.07, 6.45) is 1.97. The molecule has 0 saturated carbocycles. The van der Waals surface area contributed by atoms with Crippen LogP contribution in [0.4, 0.5) is 0 Å². The van der Waals surface area contributed by atoms with Gasteiger partial charge in [0.25, 0.3) is 0 Å². The first-order valence-corrected chi connectivity index (χ1v) is 7.13. The minimum atomic E-state index is 0.352. The molecule has 0 fully saturated rings. The van der Waals surface area contributed by atoms with Crippen LogP contribution in [0, 0.1) is 0 Å². The van der Waals surface area contributed by atoms with E-state index in [0.29, 0.717) is 12.6 Å². The van der Waals surface area contributed by atoms with Gasteiger partial charge in [-0.15, -0.1) is 0 Å². The quantitative estimate of drug-likeness (QED) is 0.851. The second-order valence-corrected chi connectivity index (χ2v) is 5.15. The molecule has 0 bridgehead atoms. The van der Waals surface area contributed by atoms with Crippen LogP contribution in [0.15, 0.2) is 30.5 Å². The fraction of sp³-hybridized carbons (Fsp3) is 0.438. The number of nitrogens with zero attached hydrogens (tertiary/aromatic N) is 2. The highest BCUT2D eigenvalue weighted by Gasteiger charge is 2.11. The highest BCUT2D eigenvalue weighted by atomic mass is 16.5. The van der Waals surface area contributed by atoms with E-state index in [-0.39, 0.29) is 0 Å². The summed E-state index contributed by atoms with van der Waals surface area (Å²) in [6, 6.07) is 8.23. The molecule has 0 atom stereocenters. The van der Waals surface area contributed by atoms with Crippen molar-refractivity contribution in [3.63, 3.8) is 0 Å². The summed E-state index contributed by atoms with van der Waals surface area (Å²) in [6.45, 7) is 5.36. The van der Waals surface area contributed by atoms with Crippen LogP contribution in [0.1, 0.15) is 31.1 Å². The molecule has 2 aromatic rings. The van der Waals surface area contributed by atoms with Crippen LogP contribution in [-0.4, -0.2) is 23.9 Å². The molecule has 5 nitrogen and oxygen atoms in total. The number of hydrogen-bond acceptors (Lipinski definition) is 4. The van der Waals surface area contributed by atoms with Crippen molar-refractivity contribution < 1.29 is 9.47 Å². The number of aromatic nitrogens is 2. The van der Waals surface area contributed by atoms with Crippen molar-refractivity contribution in [2.75, 3.05) is 14.2 Å². The molecule has 0 radical (unpaired) electrons. The molecule has 0 aliphatic rings. The molecular weight excluding hydrogens is 266 g/mol. The van der Waals surface area contributed by atoms with Gasteiger partial charge in [0.1, 0.15) is 6.61 Å². The lowest BCUT2D eigenvalue weighted by Crippen LogP contribution is -2.09. The Labute approximate surface area is 125 Å². The summed E-state index contributed by atoms with van der Waals surface area (Å²) in [7, 11) is 3.56. The minimum absolute atomic E-state index is 0.352. The summed E-state index contributed by atoms with van der Waals surface area (Å²) in [5.74, 6) is 1.51. The van der Waals surface area contributed by atoms with Gasteiger partial charge in [-0.25, -0.2) is 0 Å². The third-order valence-electron chi connectivity index (χ3n) is 3.20. The average molecular weight is 289 g/mol. The lowest BCUT2D eigenvalue weighted by molar-refractivity contribution is 0.275. The third-order valence-corrected chi connectivity index (χ3v) is 3.20. The molecule has 0 saturated heterocycles. The SMILES string of the molecule is CNCc1cccc(OC)c1OCc1ccn(C(C)C)n1. The van der Waals surface area contributed by atoms with E-state index in [4.69, 9.17) is 9.47 Å². The first-order chi connectivity index (χ1) is 10.2. The largest absolute Gasteiger partial charge is 0.493 e. The molecule has 0 aliphatic heterocycles. The summed E-state index contributed by atoms with van der Waals surface area (Å²) >= 11 is 0. The van der Waals surface area contributed by atoms with E-state index in [1.807, 2.05) is 42.2 Å². The predicted molar refractivity (Wildman–Crippen MR) is 82.7 cm³/mol. The van der Waals surface area contributed by atoms with Crippen molar-refractivity contribution >= 4 is 0 Å². The summed E-state index contributed by atoms with van der Waals surface area (Å²) < 4.78 is 13.3. The fourth-order valence-electron chi connectivity index (χ4n) is 2.10. The first kappa shape index (κ1) is 15.4. The lowest BCUT2D eigenvalue weighted by Gasteiger charge is -2.14. The molecule has 21 heavy (non-hydrogen) atoms. The summed E-state index contributed by atoms with van der Waals surface area (Å²) in [5, 5.41) is 7.63. The van der Waals surface area contributed by atoms with Crippen LogP contribution >= 0.6 is 0 Å². The van der Waals surface area contributed by atoms with Gasteiger partial charge in [-0.1, -0.05) is 12.1 Å². The van der Waals surface area contributed by atoms with Gasteiger partial charge in [0, 0.05) is 24.3 Å². The molecule has 0 amide bonds. The molecule has 114 valence electrons. The highest BCUT2D eigenvalue weighted by Crippen LogP contribution is 2.31. The molecule has 1 aromatic heterocycles. The Hall–Kier alpha value is -2.01.